The Kier molecular flexibility index (Phi) is 3.43. The molecule has 3 nitrogen and oxygen atoms in total. The van der Waals surface area contributed by atoms with Gasteiger partial charge in [0, 0.05) is 22.2 Å². The summed E-state index contributed by atoms with van der Waals surface area (Å²) in [7, 11) is 1.56. The number of carbonyl (C=O) groups is 1. The summed E-state index contributed by atoms with van der Waals surface area (Å²) in [6.45, 7) is 1.87. The number of hydrogen-bond acceptors (Lipinski definition) is 2. The van der Waals surface area contributed by atoms with Crippen molar-refractivity contribution < 1.29 is 9.53 Å². The van der Waals surface area contributed by atoms with E-state index in [0.717, 1.165) is 11.2 Å². The van der Waals surface area contributed by atoms with Crippen LogP contribution in [0.15, 0.2) is 42.5 Å². The van der Waals surface area contributed by atoms with Crippen molar-refractivity contribution in [3.8, 4) is 5.75 Å². The molecule has 0 aliphatic carbocycles. The fourth-order valence-corrected chi connectivity index (χ4v) is 2.87. The Morgan fingerprint density at radius 2 is 1.86 bits per heavy atom. The van der Waals surface area contributed by atoms with Crippen molar-refractivity contribution in [1.82, 2.24) is 4.98 Å². The van der Waals surface area contributed by atoms with Crippen LogP contribution in [0, 0.1) is 6.92 Å². The standard InChI is InChI=1S/C17H14ClNO2/c1-10-14(17(20)11-6-4-3-5-7-11)15-12(19-10)8-9-13(21-2)16(15)18/h3-9,19H,1-2H3. The van der Waals surface area contributed by atoms with Crippen molar-refractivity contribution in [2.24, 2.45) is 0 Å². The lowest BCUT2D eigenvalue weighted by Gasteiger charge is -2.06. The maximum atomic E-state index is 12.8. The fraction of sp³-hybridized carbons (Fsp3) is 0.118. The first kappa shape index (κ1) is 13.7. The average molecular weight is 300 g/mol. The predicted octanol–water partition coefficient (Wildman–Crippen LogP) is 4.37. The van der Waals surface area contributed by atoms with Crippen LogP contribution in [0.3, 0.4) is 0 Å². The first-order valence-corrected chi connectivity index (χ1v) is 6.95. The van der Waals surface area contributed by atoms with Gasteiger partial charge in [0.05, 0.1) is 17.7 Å². The zero-order valence-corrected chi connectivity index (χ0v) is 12.5. The molecule has 0 atom stereocenters. The number of H-pyrrole nitrogens is 1. The molecule has 3 aromatic rings. The van der Waals surface area contributed by atoms with Crippen molar-refractivity contribution in [2.75, 3.05) is 7.11 Å². The lowest BCUT2D eigenvalue weighted by Crippen LogP contribution is -2.02. The second-order valence-corrected chi connectivity index (χ2v) is 5.20. The van der Waals surface area contributed by atoms with Gasteiger partial charge in [-0.05, 0) is 19.1 Å². The number of aromatic amines is 1. The van der Waals surface area contributed by atoms with Gasteiger partial charge in [0.2, 0.25) is 0 Å². The molecular weight excluding hydrogens is 286 g/mol. The summed E-state index contributed by atoms with van der Waals surface area (Å²) >= 11 is 6.39. The lowest BCUT2D eigenvalue weighted by atomic mass is 10.0. The lowest BCUT2D eigenvalue weighted by molar-refractivity contribution is 0.104. The number of halogens is 1. The first-order valence-electron chi connectivity index (χ1n) is 6.58. The van der Waals surface area contributed by atoms with Crippen LogP contribution in [0.5, 0.6) is 5.75 Å². The number of hydrogen-bond donors (Lipinski definition) is 1. The van der Waals surface area contributed by atoms with E-state index in [0.29, 0.717) is 27.3 Å². The minimum Gasteiger partial charge on any atom is -0.495 e. The second kappa shape index (κ2) is 5.26. The van der Waals surface area contributed by atoms with Crippen LogP contribution >= 0.6 is 11.6 Å². The molecule has 1 heterocycles. The van der Waals surface area contributed by atoms with Gasteiger partial charge in [0.1, 0.15) is 5.75 Å². The van der Waals surface area contributed by atoms with Crippen LogP contribution < -0.4 is 4.74 Å². The molecule has 3 rings (SSSR count). The molecule has 0 aliphatic rings. The molecule has 0 radical (unpaired) electrons. The summed E-state index contributed by atoms with van der Waals surface area (Å²) in [6.07, 6.45) is 0. The minimum absolute atomic E-state index is 0.0468. The second-order valence-electron chi connectivity index (χ2n) is 4.82. The van der Waals surface area contributed by atoms with E-state index in [1.54, 1.807) is 25.3 Å². The van der Waals surface area contributed by atoms with Gasteiger partial charge in [-0.1, -0.05) is 41.9 Å². The van der Waals surface area contributed by atoms with Crippen LogP contribution in [0.2, 0.25) is 5.02 Å². The van der Waals surface area contributed by atoms with E-state index in [4.69, 9.17) is 16.3 Å². The fourth-order valence-electron chi connectivity index (χ4n) is 2.53. The molecule has 0 bridgehead atoms. The number of rotatable bonds is 3. The summed E-state index contributed by atoms with van der Waals surface area (Å²) in [5.74, 6) is 0.514. The van der Waals surface area contributed by atoms with E-state index >= 15 is 0 Å². The molecule has 106 valence electrons. The van der Waals surface area contributed by atoms with E-state index in [9.17, 15) is 4.79 Å². The largest absolute Gasteiger partial charge is 0.495 e. The highest BCUT2D eigenvalue weighted by atomic mass is 35.5. The van der Waals surface area contributed by atoms with Crippen LogP contribution in [0.25, 0.3) is 10.9 Å². The van der Waals surface area contributed by atoms with E-state index < -0.39 is 0 Å². The number of methoxy groups -OCH3 is 1. The van der Waals surface area contributed by atoms with Gasteiger partial charge in [-0.25, -0.2) is 0 Å². The molecular formula is C17H14ClNO2. The van der Waals surface area contributed by atoms with Gasteiger partial charge in [-0.3, -0.25) is 4.79 Å². The third-order valence-corrected chi connectivity index (χ3v) is 3.91. The van der Waals surface area contributed by atoms with Crippen molar-refractivity contribution in [2.45, 2.75) is 6.92 Å². The van der Waals surface area contributed by atoms with Crippen LogP contribution in [-0.4, -0.2) is 17.9 Å². The molecule has 0 unspecified atom stereocenters. The zero-order valence-electron chi connectivity index (χ0n) is 11.7. The number of aryl methyl sites for hydroxylation is 1. The Morgan fingerprint density at radius 1 is 1.14 bits per heavy atom. The van der Waals surface area contributed by atoms with Crippen molar-refractivity contribution >= 4 is 28.3 Å². The summed E-state index contributed by atoms with van der Waals surface area (Å²) in [4.78, 5) is 16.0. The number of fused-ring (bicyclic) bond motifs is 1. The molecule has 2 aromatic carbocycles. The van der Waals surface area contributed by atoms with E-state index in [1.165, 1.54) is 0 Å². The van der Waals surface area contributed by atoms with Crippen molar-refractivity contribution in [3.05, 3.63) is 64.3 Å². The van der Waals surface area contributed by atoms with Crippen molar-refractivity contribution in [1.29, 1.82) is 0 Å². The molecule has 0 spiro atoms. The first-order chi connectivity index (χ1) is 10.1. The molecule has 0 aliphatic heterocycles. The topological polar surface area (TPSA) is 42.1 Å². The van der Waals surface area contributed by atoms with E-state index in [-0.39, 0.29) is 5.78 Å². The highest BCUT2D eigenvalue weighted by Gasteiger charge is 2.21. The van der Waals surface area contributed by atoms with E-state index in [1.807, 2.05) is 31.2 Å². The Morgan fingerprint density at radius 3 is 2.52 bits per heavy atom. The van der Waals surface area contributed by atoms with Crippen LogP contribution in [0.4, 0.5) is 0 Å². The molecule has 0 saturated carbocycles. The Hall–Kier alpha value is -2.26. The number of ketones is 1. The molecule has 1 aromatic heterocycles. The third-order valence-electron chi connectivity index (χ3n) is 3.54. The normalized spacial score (nSPS) is 10.8. The van der Waals surface area contributed by atoms with Gasteiger partial charge >= 0.3 is 0 Å². The summed E-state index contributed by atoms with van der Waals surface area (Å²) < 4.78 is 5.25. The van der Waals surface area contributed by atoms with E-state index in [2.05, 4.69) is 4.98 Å². The molecule has 4 heteroatoms. The number of benzene rings is 2. The average Bonchev–Trinajstić information content (AvgIpc) is 2.85. The monoisotopic (exact) mass is 299 g/mol. The Labute approximate surface area is 127 Å². The quantitative estimate of drug-likeness (QED) is 0.730. The summed E-state index contributed by atoms with van der Waals surface area (Å²) in [5.41, 5.74) is 2.87. The number of ether oxygens (including phenoxy) is 1. The summed E-state index contributed by atoms with van der Waals surface area (Å²) in [5, 5.41) is 1.17. The Balaban J connectivity index is 2.27. The molecule has 0 saturated heterocycles. The smallest absolute Gasteiger partial charge is 0.195 e. The van der Waals surface area contributed by atoms with Gasteiger partial charge in [-0.15, -0.1) is 0 Å². The number of carbonyl (C=O) groups excluding carboxylic acids is 1. The maximum Gasteiger partial charge on any atom is 0.195 e. The molecule has 1 N–H and O–H groups in total. The predicted molar refractivity (Wildman–Crippen MR) is 84.5 cm³/mol. The minimum atomic E-state index is -0.0468. The van der Waals surface area contributed by atoms with Crippen LogP contribution in [-0.2, 0) is 0 Å². The van der Waals surface area contributed by atoms with Gasteiger partial charge in [0.15, 0.2) is 5.78 Å². The van der Waals surface area contributed by atoms with Gasteiger partial charge < -0.3 is 9.72 Å². The zero-order chi connectivity index (χ0) is 15.0. The van der Waals surface area contributed by atoms with Gasteiger partial charge in [-0.2, -0.15) is 0 Å². The highest BCUT2D eigenvalue weighted by Crippen LogP contribution is 2.36. The van der Waals surface area contributed by atoms with Gasteiger partial charge in [0.25, 0.3) is 0 Å². The SMILES string of the molecule is COc1ccc2[nH]c(C)c(C(=O)c3ccccc3)c2c1Cl. The number of nitrogens with one attached hydrogen (secondary N) is 1. The molecule has 0 amide bonds. The highest BCUT2D eigenvalue weighted by molar-refractivity contribution is 6.39. The summed E-state index contributed by atoms with van der Waals surface area (Å²) in [6, 6.07) is 12.8. The number of aromatic nitrogens is 1. The van der Waals surface area contributed by atoms with Crippen LogP contribution in [0.1, 0.15) is 21.6 Å². The van der Waals surface area contributed by atoms with Crippen molar-refractivity contribution in [3.63, 3.8) is 0 Å². The maximum absolute atomic E-state index is 12.8. The third kappa shape index (κ3) is 2.20. The molecule has 0 fully saturated rings. The molecule has 21 heavy (non-hydrogen) atoms. The Bertz CT molecular complexity index is 822.